The van der Waals surface area contributed by atoms with Gasteiger partial charge in [-0.15, -0.1) is 0 Å². The summed E-state index contributed by atoms with van der Waals surface area (Å²) in [6.45, 7) is 5.54. The van der Waals surface area contributed by atoms with Crippen LogP contribution in [0.4, 0.5) is 4.39 Å². The summed E-state index contributed by atoms with van der Waals surface area (Å²) in [4.78, 5) is 45.1. The standard InChI is InChI=1S/C30H38Cl2FN3O4/c1-20(2)28-30(39)34(3)14-5-6-15-36(27(37)19-22-24(32)10-9-11-25(22)33)16-7-8-17-40-26-13-12-21(31)18-23(26)29(38)35(28)4/h9-13,18,20,28H,5-8,14-17,19H2,1-4H3/t28-/m0/s1. The summed E-state index contributed by atoms with van der Waals surface area (Å²) in [5.74, 6) is -0.961. The summed E-state index contributed by atoms with van der Waals surface area (Å²) >= 11 is 12.4. The zero-order chi connectivity index (χ0) is 29.4. The van der Waals surface area contributed by atoms with Gasteiger partial charge in [0.1, 0.15) is 17.6 Å². The van der Waals surface area contributed by atoms with E-state index in [9.17, 15) is 18.8 Å². The van der Waals surface area contributed by atoms with Crippen LogP contribution in [0.15, 0.2) is 36.4 Å². The molecule has 1 aliphatic heterocycles. The van der Waals surface area contributed by atoms with Crippen molar-refractivity contribution in [3.8, 4) is 5.75 Å². The van der Waals surface area contributed by atoms with Crippen LogP contribution in [-0.2, 0) is 16.0 Å². The predicted octanol–water partition coefficient (Wildman–Crippen LogP) is 5.71. The molecule has 40 heavy (non-hydrogen) atoms. The molecule has 7 nitrogen and oxygen atoms in total. The third kappa shape index (κ3) is 8.10. The molecule has 1 aliphatic rings. The minimum atomic E-state index is -0.677. The fourth-order valence-electron chi connectivity index (χ4n) is 4.91. The molecule has 2 aromatic carbocycles. The molecule has 3 rings (SSSR count). The Morgan fingerprint density at radius 3 is 2.38 bits per heavy atom. The number of carbonyl (C=O) groups excluding carboxylic acids is 3. The lowest BCUT2D eigenvalue weighted by atomic mass is 10.00. The van der Waals surface area contributed by atoms with Crippen LogP contribution in [0.3, 0.4) is 0 Å². The van der Waals surface area contributed by atoms with Crippen molar-refractivity contribution < 1.29 is 23.5 Å². The third-order valence-corrected chi connectivity index (χ3v) is 7.75. The van der Waals surface area contributed by atoms with E-state index in [0.717, 1.165) is 0 Å². The van der Waals surface area contributed by atoms with Gasteiger partial charge in [-0.05, 0) is 61.9 Å². The van der Waals surface area contributed by atoms with Crippen molar-refractivity contribution in [2.75, 3.05) is 40.3 Å². The van der Waals surface area contributed by atoms with Gasteiger partial charge in [0.05, 0.1) is 18.6 Å². The van der Waals surface area contributed by atoms with Crippen LogP contribution >= 0.6 is 23.2 Å². The summed E-state index contributed by atoms with van der Waals surface area (Å²) in [6, 6.07) is 8.58. The SMILES string of the molecule is CC(C)[C@H]1C(=O)N(C)CCCCN(C(=O)Cc2c(F)cccc2Cl)CCCCOc2ccc(Cl)cc2C(=O)N1C. The maximum Gasteiger partial charge on any atom is 0.258 e. The lowest BCUT2D eigenvalue weighted by molar-refractivity contribution is -0.136. The molecule has 0 spiro atoms. The van der Waals surface area contributed by atoms with Gasteiger partial charge in [-0.25, -0.2) is 4.39 Å². The van der Waals surface area contributed by atoms with E-state index in [2.05, 4.69) is 0 Å². The largest absolute Gasteiger partial charge is 0.493 e. The van der Waals surface area contributed by atoms with Gasteiger partial charge >= 0.3 is 0 Å². The maximum atomic E-state index is 14.4. The fraction of sp³-hybridized carbons (Fsp3) is 0.500. The van der Waals surface area contributed by atoms with Crippen LogP contribution in [0, 0.1) is 11.7 Å². The smallest absolute Gasteiger partial charge is 0.258 e. The Morgan fingerprint density at radius 2 is 1.70 bits per heavy atom. The van der Waals surface area contributed by atoms with Crippen molar-refractivity contribution in [2.24, 2.45) is 5.92 Å². The topological polar surface area (TPSA) is 70.2 Å². The number of rotatable bonds is 3. The first-order chi connectivity index (χ1) is 19.0. The third-order valence-electron chi connectivity index (χ3n) is 7.16. The summed E-state index contributed by atoms with van der Waals surface area (Å²) in [5.41, 5.74) is 0.481. The number of amides is 3. The van der Waals surface area contributed by atoms with E-state index in [1.54, 1.807) is 48.2 Å². The molecule has 3 amide bonds. The van der Waals surface area contributed by atoms with Crippen molar-refractivity contribution in [2.45, 2.75) is 52.0 Å². The van der Waals surface area contributed by atoms with Gasteiger partial charge in [0.25, 0.3) is 5.91 Å². The molecule has 0 aromatic heterocycles. The molecule has 0 saturated carbocycles. The van der Waals surface area contributed by atoms with Gasteiger partial charge in [-0.3, -0.25) is 14.4 Å². The Balaban J connectivity index is 1.83. The highest BCUT2D eigenvalue weighted by molar-refractivity contribution is 6.31. The van der Waals surface area contributed by atoms with Crippen LogP contribution in [0.1, 0.15) is 55.5 Å². The van der Waals surface area contributed by atoms with Gasteiger partial charge in [-0.1, -0.05) is 43.1 Å². The fourth-order valence-corrected chi connectivity index (χ4v) is 5.31. The second-order valence-electron chi connectivity index (χ2n) is 10.5. The van der Waals surface area contributed by atoms with Gasteiger partial charge in [0.2, 0.25) is 11.8 Å². The van der Waals surface area contributed by atoms with E-state index in [-0.39, 0.29) is 40.6 Å². The highest BCUT2D eigenvalue weighted by Crippen LogP contribution is 2.27. The Bertz CT molecular complexity index is 1190. The molecular weight excluding hydrogens is 556 g/mol. The zero-order valence-electron chi connectivity index (χ0n) is 23.6. The van der Waals surface area contributed by atoms with Crippen LogP contribution in [0.2, 0.25) is 10.0 Å². The van der Waals surface area contributed by atoms with E-state index in [0.29, 0.717) is 68.3 Å². The molecule has 0 fully saturated rings. The molecule has 218 valence electrons. The van der Waals surface area contributed by atoms with E-state index < -0.39 is 11.9 Å². The number of hydrogen-bond donors (Lipinski definition) is 0. The first-order valence-electron chi connectivity index (χ1n) is 13.7. The minimum Gasteiger partial charge on any atom is -0.493 e. The molecule has 0 saturated heterocycles. The zero-order valence-corrected chi connectivity index (χ0v) is 25.1. The molecule has 0 unspecified atom stereocenters. The summed E-state index contributed by atoms with van der Waals surface area (Å²) < 4.78 is 20.3. The molecule has 1 atom stereocenters. The van der Waals surface area contributed by atoms with Crippen molar-refractivity contribution in [3.63, 3.8) is 0 Å². The van der Waals surface area contributed by atoms with Crippen molar-refractivity contribution >= 4 is 40.9 Å². The summed E-state index contributed by atoms with van der Waals surface area (Å²) in [6.07, 6.45) is 2.49. The van der Waals surface area contributed by atoms with E-state index in [4.69, 9.17) is 27.9 Å². The number of carbonyl (C=O) groups is 3. The highest BCUT2D eigenvalue weighted by Gasteiger charge is 2.33. The molecule has 0 aliphatic carbocycles. The van der Waals surface area contributed by atoms with Gasteiger partial charge in [0, 0.05) is 49.3 Å². The lowest BCUT2D eigenvalue weighted by Gasteiger charge is -2.33. The Morgan fingerprint density at radius 1 is 1.02 bits per heavy atom. The number of likely N-dealkylation sites (N-methyl/N-ethyl adjacent to an activating group) is 2. The number of halogens is 3. The monoisotopic (exact) mass is 593 g/mol. The molecule has 10 heteroatoms. The maximum absolute atomic E-state index is 14.4. The lowest BCUT2D eigenvalue weighted by Crippen LogP contribution is -2.51. The van der Waals surface area contributed by atoms with Gasteiger partial charge in [-0.2, -0.15) is 0 Å². The van der Waals surface area contributed by atoms with Gasteiger partial charge < -0.3 is 19.4 Å². The summed E-state index contributed by atoms with van der Waals surface area (Å²) in [7, 11) is 3.35. The molecular formula is C30H38Cl2FN3O4. The number of fused-ring (bicyclic) bond motifs is 1. The molecule has 0 radical (unpaired) electrons. The quantitative estimate of drug-likeness (QED) is 0.457. The molecule has 1 heterocycles. The van der Waals surface area contributed by atoms with Crippen LogP contribution in [0.5, 0.6) is 5.75 Å². The first-order valence-corrected chi connectivity index (χ1v) is 14.4. The van der Waals surface area contributed by atoms with Crippen molar-refractivity contribution in [1.82, 2.24) is 14.7 Å². The van der Waals surface area contributed by atoms with Crippen molar-refractivity contribution in [1.29, 1.82) is 0 Å². The van der Waals surface area contributed by atoms with E-state index >= 15 is 0 Å². The number of benzene rings is 2. The number of hydrogen-bond acceptors (Lipinski definition) is 4. The summed E-state index contributed by atoms with van der Waals surface area (Å²) in [5, 5.41) is 0.619. The van der Waals surface area contributed by atoms with Crippen molar-refractivity contribution in [3.05, 3.63) is 63.4 Å². The van der Waals surface area contributed by atoms with Crippen LogP contribution < -0.4 is 4.74 Å². The second-order valence-corrected chi connectivity index (χ2v) is 11.4. The van der Waals surface area contributed by atoms with Crippen LogP contribution in [-0.4, -0.2) is 78.8 Å². The average molecular weight is 595 g/mol. The van der Waals surface area contributed by atoms with Crippen LogP contribution in [0.25, 0.3) is 0 Å². The Hall–Kier alpha value is -2.84. The average Bonchev–Trinajstić information content (AvgIpc) is 2.91. The first kappa shape index (κ1) is 31.7. The second kappa shape index (κ2) is 14.7. The van der Waals surface area contributed by atoms with E-state index in [1.807, 2.05) is 13.8 Å². The molecule has 0 N–H and O–H groups in total. The highest BCUT2D eigenvalue weighted by atomic mass is 35.5. The minimum absolute atomic E-state index is 0.126. The molecule has 2 aromatic rings. The molecule has 0 bridgehead atoms. The number of nitrogens with zero attached hydrogens (tertiary/aromatic N) is 3. The normalized spacial score (nSPS) is 18.4. The van der Waals surface area contributed by atoms with E-state index in [1.165, 1.54) is 17.0 Å². The predicted molar refractivity (Wildman–Crippen MR) is 155 cm³/mol. The Labute approximate surface area is 246 Å². The van der Waals surface area contributed by atoms with Gasteiger partial charge in [0.15, 0.2) is 0 Å². The Kier molecular flexibility index (Phi) is 11.6. The number of ether oxygens (including phenoxy) is 1.